The molecule has 3 aromatic rings. The van der Waals surface area contributed by atoms with Gasteiger partial charge in [-0.1, -0.05) is 18.2 Å². The maximum absolute atomic E-state index is 13.0. The molecule has 8 heteroatoms. The van der Waals surface area contributed by atoms with Crippen LogP contribution in [0.5, 0.6) is 0 Å². The summed E-state index contributed by atoms with van der Waals surface area (Å²) >= 11 is 0. The smallest absolute Gasteiger partial charge is 0.339 e. The molecule has 0 atom stereocenters. The lowest BCUT2D eigenvalue weighted by Gasteiger charge is -2.32. The number of piperidine rings is 1. The van der Waals surface area contributed by atoms with Gasteiger partial charge in [-0.3, -0.25) is 9.48 Å². The van der Waals surface area contributed by atoms with Gasteiger partial charge in [-0.15, -0.1) is 0 Å². The first-order chi connectivity index (χ1) is 14.0. The third-order valence-corrected chi connectivity index (χ3v) is 5.48. The van der Waals surface area contributed by atoms with Gasteiger partial charge in [-0.05, 0) is 44.9 Å². The van der Waals surface area contributed by atoms with E-state index in [1.807, 2.05) is 48.2 Å². The standard InChI is InChI=1S/C21H23N5O3/c1-14-12-19(23-25(14)16-6-4-3-5-7-16)20(27)24-10-8-17(9-11-24)26-15(2)18(13-22-26)21(28)29/h3-7,12-13,17H,8-11H2,1-2H3,(H,28,29). The molecule has 0 saturated carbocycles. The van der Waals surface area contributed by atoms with E-state index in [1.54, 1.807) is 16.3 Å². The predicted molar refractivity (Wildman–Crippen MR) is 106 cm³/mol. The molecule has 1 aliphatic heterocycles. The molecule has 1 aromatic carbocycles. The van der Waals surface area contributed by atoms with Crippen LogP contribution in [0.15, 0.2) is 42.6 Å². The third-order valence-electron chi connectivity index (χ3n) is 5.48. The fraction of sp³-hybridized carbons (Fsp3) is 0.333. The summed E-state index contributed by atoms with van der Waals surface area (Å²) in [5.74, 6) is -1.05. The van der Waals surface area contributed by atoms with Crippen molar-refractivity contribution >= 4 is 11.9 Å². The van der Waals surface area contributed by atoms with E-state index in [0.717, 1.165) is 24.2 Å². The Morgan fingerprint density at radius 1 is 1.10 bits per heavy atom. The van der Waals surface area contributed by atoms with E-state index in [4.69, 9.17) is 0 Å². The lowest BCUT2D eigenvalue weighted by atomic mass is 10.0. The lowest BCUT2D eigenvalue weighted by molar-refractivity contribution is 0.0682. The van der Waals surface area contributed by atoms with Crippen LogP contribution in [0.25, 0.3) is 5.69 Å². The van der Waals surface area contributed by atoms with Crippen LogP contribution >= 0.6 is 0 Å². The zero-order valence-corrected chi connectivity index (χ0v) is 16.4. The normalized spacial score (nSPS) is 14.9. The second-order valence-corrected chi connectivity index (χ2v) is 7.34. The number of rotatable bonds is 4. The number of para-hydroxylation sites is 1. The molecule has 0 aliphatic carbocycles. The molecular formula is C21H23N5O3. The highest BCUT2D eigenvalue weighted by Gasteiger charge is 2.28. The molecule has 0 bridgehead atoms. The molecule has 1 fully saturated rings. The molecule has 3 heterocycles. The van der Waals surface area contributed by atoms with Crippen LogP contribution < -0.4 is 0 Å². The van der Waals surface area contributed by atoms with Gasteiger partial charge in [0.1, 0.15) is 5.56 Å². The Labute approximate surface area is 168 Å². The maximum atomic E-state index is 13.0. The average Bonchev–Trinajstić information content (AvgIpc) is 3.31. The van der Waals surface area contributed by atoms with Crippen LogP contribution in [0.1, 0.15) is 51.1 Å². The second kappa shape index (κ2) is 7.54. The van der Waals surface area contributed by atoms with Crippen molar-refractivity contribution in [2.24, 2.45) is 0 Å². The molecule has 8 nitrogen and oxygen atoms in total. The van der Waals surface area contributed by atoms with Gasteiger partial charge in [-0.2, -0.15) is 10.2 Å². The lowest BCUT2D eigenvalue weighted by Crippen LogP contribution is -2.39. The highest BCUT2D eigenvalue weighted by atomic mass is 16.4. The molecule has 29 heavy (non-hydrogen) atoms. The first-order valence-electron chi connectivity index (χ1n) is 9.64. The summed E-state index contributed by atoms with van der Waals surface area (Å²) in [5.41, 5.74) is 3.15. The summed E-state index contributed by atoms with van der Waals surface area (Å²) in [7, 11) is 0. The van der Waals surface area contributed by atoms with E-state index in [9.17, 15) is 14.7 Å². The van der Waals surface area contributed by atoms with E-state index >= 15 is 0 Å². The minimum Gasteiger partial charge on any atom is -0.478 e. The summed E-state index contributed by atoms with van der Waals surface area (Å²) in [6.07, 6.45) is 2.85. The Bertz CT molecular complexity index is 1050. The first-order valence-corrected chi connectivity index (χ1v) is 9.64. The number of aryl methyl sites for hydroxylation is 1. The number of benzene rings is 1. The molecule has 0 unspecified atom stereocenters. The Balaban J connectivity index is 1.45. The number of amides is 1. The Hall–Kier alpha value is -3.42. The van der Waals surface area contributed by atoms with Crippen molar-refractivity contribution in [2.75, 3.05) is 13.1 Å². The number of aromatic nitrogens is 4. The van der Waals surface area contributed by atoms with Crippen LogP contribution in [-0.2, 0) is 0 Å². The van der Waals surface area contributed by atoms with Gasteiger partial charge in [0.05, 0.1) is 23.6 Å². The van der Waals surface area contributed by atoms with Crippen LogP contribution in [-0.4, -0.2) is 54.5 Å². The van der Waals surface area contributed by atoms with E-state index in [-0.39, 0.29) is 17.5 Å². The average molecular weight is 393 g/mol. The van der Waals surface area contributed by atoms with Gasteiger partial charge in [0, 0.05) is 18.8 Å². The number of hydrogen-bond acceptors (Lipinski definition) is 4. The van der Waals surface area contributed by atoms with E-state index in [2.05, 4.69) is 10.2 Å². The van der Waals surface area contributed by atoms with E-state index in [0.29, 0.717) is 24.5 Å². The van der Waals surface area contributed by atoms with Crippen molar-refractivity contribution in [2.45, 2.75) is 32.7 Å². The Morgan fingerprint density at radius 2 is 1.79 bits per heavy atom. The van der Waals surface area contributed by atoms with Crippen molar-refractivity contribution in [3.8, 4) is 5.69 Å². The maximum Gasteiger partial charge on any atom is 0.339 e. The SMILES string of the molecule is Cc1cc(C(=O)N2CCC(n3ncc(C(=O)O)c3C)CC2)nn1-c1ccccc1. The molecule has 150 valence electrons. The number of nitrogens with zero attached hydrogens (tertiary/aromatic N) is 5. The number of hydrogen-bond donors (Lipinski definition) is 1. The fourth-order valence-corrected chi connectivity index (χ4v) is 3.89. The zero-order valence-electron chi connectivity index (χ0n) is 16.4. The van der Waals surface area contributed by atoms with E-state index in [1.165, 1.54) is 6.20 Å². The molecule has 2 aromatic heterocycles. The number of carboxylic acid groups (broad SMARTS) is 1. The monoisotopic (exact) mass is 393 g/mol. The molecule has 1 aliphatic rings. The Morgan fingerprint density at radius 3 is 2.41 bits per heavy atom. The molecule has 1 saturated heterocycles. The van der Waals surface area contributed by atoms with Crippen molar-refractivity contribution < 1.29 is 14.7 Å². The van der Waals surface area contributed by atoms with Crippen LogP contribution in [0.3, 0.4) is 0 Å². The topological polar surface area (TPSA) is 93.2 Å². The van der Waals surface area contributed by atoms with E-state index < -0.39 is 5.97 Å². The number of aromatic carboxylic acids is 1. The Kier molecular flexibility index (Phi) is 4.92. The molecule has 1 N–H and O–H groups in total. The van der Waals surface area contributed by atoms with Crippen LogP contribution in [0.4, 0.5) is 0 Å². The summed E-state index contributed by atoms with van der Waals surface area (Å²) in [5, 5.41) is 18.0. The summed E-state index contributed by atoms with van der Waals surface area (Å²) in [6, 6.07) is 11.6. The number of carbonyl (C=O) groups is 2. The number of carboxylic acids is 1. The minimum atomic E-state index is -0.967. The fourth-order valence-electron chi connectivity index (χ4n) is 3.89. The minimum absolute atomic E-state index is 0.0790. The highest BCUT2D eigenvalue weighted by molar-refractivity contribution is 5.92. The van der Waals surface area contributed by atoms with Crippen molar-refractivity contribution in [3.05, 3.63) is 65.2 Å². The van der Waals surface area contributed by atoms with Crippen LogP contribution in [0.2, 0.25) is 0 Å². The zero-order chi connectivity index (χ0) is 20.5. The number of carbonyl (C=O) groups excluding carboxylic acids is 1. The second-order valence-electron chi connectivity index (χ2n) is 7.34. The van der Waals surface area contributed by atoms with Gasteiger partial charge in [0.15, 0.2) is 5.69 Å². The number of likely N-dealkylation sites (tertiary alicyclic amines) is 1. The quantitative estimate of drug-likeness (QED) is 0.736. The van der Waals surface area contributed by atoms with Gasteiger partial charge in [0.25, 0.3) is 5.91 Å². The van der Waals surface area contributed by atoms with Gasteiger partial charge < -0.3 is 10.0 Å². The predicted octanol–water partition coefficient (Wildman–Crippen LogP) is 2.86. The van der Waals surface area contributed by atoms with Gasteiger partial charge >= 0.3 is 5.97 Å². The molecule has 0 spiro atoms. The van der Waals surface area contributed by atoms with Crippen molar-refractivity contribution in [1.82, 2.24) is 24.5 Å². The molecular weight excluding hydrogens is 370 g/mol. The van der Waals surface area contributed by atoms with Crippen LogP contribution in [0, 0.1) is 13.8 Å². The molecule has 1 amide bonds. The molecule has 4 rings (SSSR count). The van der Waals surface area contributed by atoms with Gasteiger partial charge in [-0.25, -0.2) is 9.48 Å². The summed E-state index contributed by atoms with van der Waals surface area (Å²) < 4.78 is 3.56. The van der Waals surface area contributed by atoms with Crippen molar-refractivity contribution in [1.29, 1.82) is 0 Å². The van der Waals surface area contributed by atoms with Crippen molar-refractivity contribution in [3.63, 3.8) is 0 Å². The largest absolute Gasteiger partial charge is 0.478 e. The summed E-state index contributed by atoms with van der Waals surface area (Å²) in [6.45, 7) is 4.88. The highest BCUT2D eigenvalue weighted by Crippen LogP contribution is 2.25. The third kappa shape index (κ3) is 3.53. The van der Waals surface area contributed by atoms with Gasteiger partial charge in [0.2, 0.25) is 0 Å². The summed E-state index contributed by atoms with van der Waals surface area (Å²) in [4.78, 5) is 26.0. The molecule has 0 radical (unpaired) electrons. The first kappa shape index (κ1) is 18.9.